The fourth-order valence-corrected chi connectivity index (χ4v) is 4.80. The lowest BCUT2D eigenvalue weighted by Crippen LogP contribution is -2.44. The van der Waals surface area contributed by atoms with E-state index < -0.39 is 49.5 Å². The van der Waals surface area contributed by atoms with Gasteiger partial charge >= 0.3 is 12.1 Å². The van der Waals surface area contributed by atoms with E-state index in [0.29, 0.717) is 6.07 Å². The molecule has 0 bridgehead atoms. The number of carbonyl (C=O) groups excluding carboxylic acids is 2. The second kappa shape index (κ2) is 10.1. The van der Waals surface area contributed by atoms with Gasteiger partial charge in [-0.15, -0.1) is 0 Å². The molecule has 0 fully saturated rings. The highest BCUT2D eigenvalue weighted by molar-refractivity contribution is 6.74. The van der Waals surface area contributed by atoms with Gasteiger partial charge in [-0.3, -0.25) is 4.90 Å². The number of anilines is 1. The lowest BCUT2D eigenvalue weighted by Gasteiger charge is -2.42. The molecule has 3 rings (SSSR count). The minimum atomic E-state index is -2.59. The summed E-state index contributed by atoms with van der Waals surface area (Å²) in [6.07, 6.45) is 0.560. The van der Waals surface area contributed by atoms with Crippen LogP contribution >= 0.6 is 0 Å². The number of benzene rings is 2. The number of esters is 1. The SMILES string of the molecule is COC(=O)c1cc(F)cc2c1C(O[Si](C)(C)C(C)(C)C)=CC(c1ccc(F)cc1F)N2C(=O)OC(C)(C)C. The summed E-state index contributed by atoms with van der Waals surface area (Å²) in [5.74, 6) is -3.22. The van der Waals surface area contributed by atoms with Crippen LogP contribution in [-0.4, -0.2) is 33.1 Å². The van der Waals surface area contributed by atoms with Crippen molar-refractivity contribution < 1.29 is 36.7 Å². The Morgan fingerprint density at radius 1 is 0.947 bits per heavy atom. The van der Waals surface area contributed by atoms with Crippen LogP contribution in [-0.2, 0) is 13.9 Å². The topological polar surface area (TPSA) is 65.1 Å². The molecule has 1 heterocycles. The predicted molar refractivity (Wildman–Crippen MR) is 142 cm³/mol. The maximum absolute atomic E-state index is 15.2. The number of amides is 1. The van der Waals surface area contributed by atoms with Gasteiger partial charge in [0, 0.05) is 11.6 Å². The zero-order valence-corrected chi connectivity index (χ0v) is 24.2. The molecular weight excluding hydrogens is 515 g/mol. The molecule has 0 aliphatic carbocycles. The van der Waals surface area contributed by atoms with Crippen molar-refractivity contribution in [3.63, 3.8) is 0 Å². The van der Waals surface area contributed by atoms with Gasteiger partial charge in [0.25, 0.3) is 0 Å². The van der Waals surface area contributed by atoms with E-state index in [0.717, 1.165) is 30.2 Å². The molecule has 6 nitrogen and oxygen atoms in total. The van der Waals surface area contributed by atoms with Crippen LogP contribution in [0, 0.1) is 17.5 Å². The number of nitrogens with zero attached hydrogens (tertiary/aromatic N) is 1. The fourth-order valence-electron chi connectivity index (χ4n) is 3.77. The quantitative estimate of drug-likeness (QED) is 0.288. The minimum Gasteiger partial charge on any atom is -0.543 e. The van der Waals surface area contributed by atoms with Crippen molar-refractivity contribution in [1.29, 1.82) is 0 Å². The van der Waals surface area contributed by atoms with Crippen molar-refractivity contribution in [3.8, 4) is 0 Å². The van der Waals surface area contributed by atoms with Crippen LogP contribution in [0.25, 0.3) is 5.76 Å². The Kier molecular flexibility index (Phi) is 7.80. The highest BCUT2D eigenvalue weighted by Crippen LogP contribution is 2.48. The molecule has 38 heavy (non-hydrogen) atoms. The Morgan fingerprint density at radius 3 is 2.11 bits per heavy atom. The molecule has 0 aromatic heterocycles. The molecule has 1 atom stereocenters. The molecule has 206 valence electrons. The van der Waals surface area contributed by atoms with E-state index in [1.54, 1.807) is 20.8 Å². The predicted octanol–water partition coefficient (Wildman–Crippen LogP) is 7.75. The van der Waals surface area contributed by atoms with Gasteiger partial charge in [-0.25, -0.2) is 22.8 Å². The van der Waals surface area contributed by atoms with E-state index in [4.69, 9.17) is 13.9 Å². The zero-order valence-electron chi connectivity index (χ0n) is 23.2. The molecule has 1 aliphatic rings. The number of ether oxygens (including phenoxy) is 2. The van der Waals surface area contributed by atoms with Crippen LogP contribution in [0.3, 0.4) is 0 Å². The second-order valence-corrected chi connectivity index (χ2v) is 16.4. The summed E-state index contributed by atoms with van der Waals surface area (Å²) in [4.78, 5) is 27.4. The number of methoxy groups -OCH3 is 1. The van der Waals surface area contributed by atoms with Crippen LogP contribution in [0.15, 0.2) is 36.4 Å². The molecule has 2 aromatic carbocycles. The first-order valence-corrected chi connectivity index (χ1v) is 15.1. The molecular formula is C28H34F3NO5Si. The van der Waals surface area contributed by atoms with E-state index in [9.17, 15) is 18.4 Å². The van der Waals surface area contributed by atoms with Gasteiger partial charge in [0.1, 0.15) is 28.8 Å². The van der Waals surface area contributed by atoms with Crippen molar-refractivity contribution in [2.75, 3.05) is 12.0 Å². The highest BCUT2D eigenvalue weighted by Gasteiger charge is 2.44. The average Bonchev–Trinajstić information content (AvgIpc) is 2.75. The van der Waals surface area contributed by atoms with E-state index in [2.05, 4.69) is 0 Å². The van der Waals surface area contributed by atoms with Gasteiger partial charge in [0.15, 0.2) is 0 Å². The Bertz CT molecular complexity index is 1290. The first-order valence-electron chi connectivity index (χ1n) is 12.2. The third-order valence-electron chi connectivity index (χ3n) is 6.62. The van der Waals surface area contributed by atoms with Crippen LogP contribution in [0.1, 0.15) is 69.1 Å². The lowest BCUT2D eigenvalue weighted by molar-refractivity contribution is 0.0563. The Hall–Kier alpha value is -3.27. The van der Waals surface area contributed by atoms with Crippen molar-refractivity contribution >= 4 is 31.8 Å². The Morgan fingerprint density at radius 2 is 1.58 bits per heavy atom. The van der Waals surface area contributed by atoms with Crippen LogP contribution in [0.2, 0.25) is 18.1 Å². The summed E-state index contributed by atoms with van der Waals surface area (Å²) < 4.78 is 61.0. The van der Waals surface area contributed by atoms with Gasteiger partial charge in [-0.05, 0) is 63.2 Å². The molecule has 0 saturated carbocycles. The number of carbonyl (C=O) groups is 2. The van der Waals surface area contributed by atoms with Gasteiger partial charge in [-0.2, -0.15) is 0 Å². The van der Waals surface area contributed by atoms with Crippen LogP contribution < -0.4 is 4.90 Å². The molecule has 1 unspecified atom stereocenters. The summed E-state index contributed by atoms with van der Waals surface area (Å²) in [7, 11) is -1.43. The maximum Gasteiger partial charge on any atom is 0.415 e. The maximum atomic E-state index is 15.2. The number of hydrogen-bond donors (Lipinski definition) is 0. The largest absolute Gasteiger partial charge is 0.543 e. The van der Waals surface area contributed by atoms with Crippen LogP contribution in [0.5, 0.6) is 0 Å². The smallest absolute Gasteiger partial charge is 0.415 e. The molecule has 0 saturated heterocycles. The standard InChI is InChI=1S/C28H34F3NO5Si/c1-27(2,3)36-26(34)32-21(18-11-10-16(29)13-20(18)31)15-23(37-38(8,9)28(4,5)6)24-19(25(33)35-7)12-17(30)14-22(24)32/h10-15,21H,1-9H3. The number of rotatable bonds is 4. The summed E-state index contributed by atoms with van der Waals surface area (Å²) in [6.45, 7) is 14.9. The van der Waals surface area contributed by atoms with Crippen molar-refractivity contribution in [2.45, 2.75) is 71.3 Å². The van der Waals surface area contributed by atoms with E-state index in [1.165, 1.54) is 12.1 Å². The second-order valence-electron chi connectivity index (χ2n) is 11.7. The van der Waals surface area contributed by atoms with Crippen molar-refractivity contribution in [2.24, 2.45) is 0 Å². The van der Waals surface area contributed by atoms with E-state index in [1.807, 2.05) is 33.9 Å². The Balaban J connectivity index is 2.41. The Labute approximate surface area is 222 Å². The first-order chi connectivity index (χ1) is 17.4. The van der Waals surface area contributed by atoms with Gasteiger partial charge < -0.3 is 13.9 Å². The third-order valence-corrected chi connectivity index (χ3v) is 11.0. The summed E-state index contributed by atoms with van der Waals surface area (Å²) in [5.41, 5.74) is -1.14. The fraction of sp³-hybridized carbons (Fsp3) is 0.429. The molecule has 0 spiro atoms. The number of fused-ring (bicyclic) bond motifs is 1. The van der Waals surface area contributed by atoms with Crippen molar-refractivity contribution in [1.82, 2.24) is 0 Å². The molecule has 0 N–H and O–H groups in total. The first kappa shape index (κ1) is 29.3. The molecule has 0 radical (unpaired) electrons. The average molecular weight is 550 g/mol. The van der Waals surface area contributed by atoms with Gasteiger partial charge in [0.2, 0.25) is 8.32 Å². The number of halogens is 3. The summed E-state index contributed by atoms with van der Waals surface area (Å²) in [6, 6.07) is 3.83. The highest BCUT2D eigenvalue weighted by atomic mass is 28.4. The molecule has 10 heteroatoms. The van der Waals surface area contributed by atoms with Gasteiger partial charge in [-0.1, -0.05) is 26.8 Å². The van der Waals surface area contributed by atoms with Gasteiger partial charge in [0.05, 0.1) is 30.0 Å². The van der Waals surface area contributed by atoms with Crippen LogP contribution in [0.4, 0.5) is 23.7 Å². The summed E-state index contributed by atoms with van der Waals surface area (Å²) in [5, 5.41) is -0.279. The number of hydrogen-bond acceptors (Lipinski definition) is 5. The third kappa shape index (κ3) is 5.90. The van der Waals surface area contributed by atoms with E-state index in [-0.39, 0.29) is 33.2 Å². The zero-order chi connectivity index (χ0) is 28.8. The lowest BCUT2D eigenvalue weighted by atomic mass is 9.93. The minimum absolute atomic E-state index is 0.0652. The molecule has 2 aromatic rings. The van der Waals surface area contributed by atoms with Crippen molar-refractivity contribution in [3.05, 3.63) is 70.5 Å². The molecule has 1 aliphatic heterocycles. The monoisotopic (exact) mass is 549 g/mol. The van der Waals surface area contributed by atoms with E-state index >= 15 is 4.39 Å². The molecule has 1 amide bonds. The normalized spacial score (nSPS) is 15.9. The summed E-state index contributed by atoms with van der Waals surface area (Å²) >= 11 is 0.